The van der Waals surface area contributed by atoms with Crippen LogP contribution >= 0.6 is 0 Å². The molecule has 0 unspecified atom stereocenters. The van der Waals surface area contributed by atoms with Crippen molar-refractivity contribution in [3.05, 3.63) is 47.5 Å². The van der Waals surface area contributed by atoms with Gasteiger partial charge in [-0.3, -0.25) is 0 Å². The van der Waals surface area contributed by atoms with Gasteiger partial charge in [-0.1, -0.05) is 12.1 Å². The standard InChI is InChI=1S/C22H28N2O4/c1-13(2)23(21(25)26)17-7-9-19(15(5)11-17)20-10-8-18(12-16(20)6)24(14(3)4)22(27)28/h7-14H,1-6H3,(H,25,26)(H,27,28)/p-2. The Morgan fingerprint density at radius 3 is 1.25 bits per heavy atom. The summed E-state index contributed by atoms with van der Waals surface area (Å²) in [4.78, 5) is 25.3. The van der Waals surface area contributed by atoms with Gasteiger partial charge in [0.1, 0.15) is 12.2 Å². The molecule has 28 heavy (non-hydrogen) atoms. The zero-order valence-corrected chi connectivity index (χ0v) is 17.1. The van der Waals surface area contributed by atoms with Crippen molar-refractivity contribution in [3.8, 4) is 11.1 Å². The first-order valence-electron chi connectivity index (χ1n) is 9.26. The Morgan fingerprint density at radius 2 is 1.04 bits per heavy atom. The molecule has 0 heterocycles. The zero-order valence-electron chi connectivity index (χ0n) is 17.1. The second-order valence-corrected chi connectivity index (χ2v) is 7.46. The molecule has 0 aliphatic heterocycles. The number of nitrogens with zero attached hydrogens (tertiary/aromatic N) is 2. The number of benzene rings is 2. The summed E-state index contributed by atoms with van der Waals surface area (Å²) >= 11 is 0. The van der Waals surface area contributed by atoms with Crippen molar-refractivity contribution in [2.75, 3.05) is 9.80 Å². The molecule has 0 saturated heterocycles. The second kappa shape index (κ2) is 8.33. The maximum absolute atomic E-state index is 11.4. The molecule has 0 aromatic heterocycles. The predicted molar refractivity (Wildman–Crippen MR) is 107 cm³/mol. The van der Waals surface area contributed by atoms with Crippen LogP contribution in [0.15, 0.2) is 36.4 Å². The maximum atomic E-state index is 11.4. The summed E-state index contributed by atoms with van der Waals surface area (Å²) in [5.74, 6) is 0. The lowest BCUT2D eigenvalue weighted by Gasteiger charge is -2.30. The molecule has 0 fully saturated rings. The van der Waals surface area contributed by atoms with Crippen molar-refractivity contribution in [2.45, 2.75) is 53.6 Å². The monoisotopic (exact) mass is 382 g/mol. The number of rotatable bonds is 5. The molecule has 0 N–H and O–H groups in total. The van der Waals surface area contributed by atoms with E-state index in [0.29, 0.717) is 11.4 Å². The average molecular weight is 382 g/mol. The Kier molecular flexibility index (Phi) is 6.33. The molecule has 2 amide bonds. The van der Waals surface area contributed by atoms with Crippen molar-refractivity contribution in [1.82, 2.24) is 0 Å². The fourth-order valence-electron chi connectivity index (χ4n) is 3.43. The van der Waals surface area contributed by atoms with E-state index in [4.69, 9.17) is 0 Å². The average Bonchev–Trinajstić information content (AvgIpc) is 2.54. The molecule has 0 aliphatic rings. The molecular formula is C22H26N2O4-2. The zero-order chi connectivity index (χ0) is 21.2. The van der Waals surface area contributed by atoms with E-state index < -0.39 is 12.2 Å². The van der Waals surface area contributed by atoms with Gasteiger partial charge < -0.3 is 29.6 Å². The number of anilines is 2. The largest absolute Gasteiger partial charge is 0.530 e. The van der Waals surface area contributed by atoms with E-state index in [1.807, 2.05) is 38.1 Å². The Hall–Kier alpha value is -3.02. The Balaban J connectivity index is 2.46. The van der Waals surface area contributed by atoms with Gasteiger partial charge in [0.05, 0.1) is 0 Å². The van der Waals surface area contributed by atoms with Gasteiger partial charge in [0.2, 0.25) is 0 Å². The van der Waals surface area contributed by atoms with Crippen molar-refractivity contribution >= 4 is 23.6 Å². The maximum Gasteiger partial charge on any atom is 0.141 e. The molecule has 6 heteroatoms. The third kappa shape index (κ3) is 4.27. The smallest absolute Gasteiger partial charge is 0.141 e. The van der Waals surface area contributed by atoms with Crippen LogP contribution in [0.4, 0.5) is 21.0 Å². The van der Waals surface area contributed by atoms with Crippen LogP contribution in [-0.2, 0) is 0 Å². The van der Waals surface area contributed by atoms with E-state index >= 15 is 0 Å². The van der Waals surface area contributed by atoms with Gasteiger partial charge in [-0.05, 0) is 88.1 Å². The Bertz CT molecular complexity index is 817. The van der Waals surface area contributed by atoms with Crippen LogP contribution in [0.2, 0.25) is 0 Å². The number of aryl methyl sites for hydroxylation is 2. The number of carboxylic acid groups (broad SMARTS) is 2. The van der Waals surface area contributed by atoms with Crippen LogP contribution in [-0.4, -0.2) is 24.3 Å². The molecule has 2 rings (SSSR count). The van der Waals surface area contributed by atoms with Gasteiger partial charge in [-0.25, -0.2) is 0 Å². The second-order valence-electron chi connectivity index (χ2n) is 7.46. The fraction of sp³-hybridized carbons (Fsp3) is 0.364. The number of carbonyl (C=O) groups is 2. The lowest BCUT2D eigenvalue weighted by Crippen LogP contribution is -2.45. The highest BCUT2D eigenvalue weighted by Gasteiger charge is 2.16. The quantitative estimate of drug-likeness (QED) is 0.795. The molecule has 0 spiro atoms. The molecular weight excluding hydrogens is 356 g/mol. The Morgan fingerprint density at radius 1 is 0.714 bits per heavy atom. The van der Waals surface area contributed by atoms with E-state index in [2.05, 4.69) is 0 Å². The first kappa shape index (κ1) is 21.3. The molecule has 0 aliphatic carbocycles. The molecule has 0 saturated carbocycles. The first-order valence-corrected chi connectivity index (χ1v) is 9.26. The van der Waals surface area contributed by atoms with Gasteiger partial charge in [-0.15, -0.1) is 0 Å². The van der Waals surface area contributed by atoms with Gasteiger partial charge in [0.25, 0.3) is 0 Å². The van der Waals surface area contributed by atoms with Gasteiger partial charge in [-0.2, -0.15) is 0 Å². The summed E-state index contributed by atoms with van der Waals surface area (Å²) in [6, 6.07) is 10.4. The van der Waals surface area contributed by atoms with Gasteiger partial charge in [0.15, 0.2) is 0 Å². The van der Waals surface area contributed by atoms with Crippen LogP contribution in [0.5, 0.6) is 0 Å². The molecule has 0 bridgehead atoms. The number of carbonyl (C=O) groups excluding carboxylic acids is 2. The van der Waals surface area contributed by atoms with E-state index in [1.54, 1.807) is 39.8 Å². The molecule has 2 aromatic carbocycles. The fourth-order valence-corrected chi connectivity index (χ4v) is 3.43. The molecule has 0 radical (unpaired) electrons. The highest BCUT2D eigenvalue weighted by molar-refractivity contribution is 5.88. The minimum atomic E-state index is -1.24. The van der Waals surface area contributed by atoms with Gasteiger partial charge >= 0.3 is 0 Å². The molecule has 6 nitrogen and oxygen atoms in total. The third-order valence-corrected chi connectivity index (χ3v) is 4.69. The van der Waals surface area contributed by atoms with Crippen molar-refractivity contribution < 1.29 is 19.8 Å². The van der Waals surface area contributed by atoms with E-state index in [0.717, 1.165) is 22.3 Å². The van der Waals surface area contributed by atoms with Crippen LogP contribution < -0.4 is 20.0 Å². The van der Waals surface area contributed by atoms with Crippen molar-refractivity contribution in [2.24, 2.45) is 0 Å². The summed E-state index contributed by atoms with van der Waals surface area (Å²) in [5, 5.41) is 22.9. The van der Waals surface area contributed by atoms with Gasteiger partial charge in [0, 0.05) is 23.5 Å². The highest BCUT2D eigenvalue weighted by atomic mass is 16.4. The number of amides is 2. The van der Waals surface area contributed by atoms with Crippen LogP contribution in [0, 0.1) is 13.8 Å². The van der Waals surface area contributed by atoms with E-state index in [9.17, 15) is 19.8 Å². The highest BCUT2D eigenvalue weighted by Crippen LogP contribution is 2.32. The lowest BCUT2D eigenvalue weighted by molar-refractivity contribution is -0.248. The molecule has 0 atom stereocenters. The van der Waals surface area contributed by atoms with Crippen molar-refractivity contribution in [1.29, 1.82) is 0 Å². The molecule has 2 aromatic rings. The third-order valence-electron chi connectivity index (χ3n) is 4.69. The normalized spacial score (nSPS) is 11.0. The summed E-state index contributed by atoms with van der Waals surface area (Å²) in [6.45, 7) is 11.0. The number of hydrogen-bond donors (Lipinski definition) is 0. The summed E-state index contributed by atoms with van der Waals surface area (Å²) in [6.07, 6.45) is -2.47. The van der Waals surface area contributed by atoms with Crippen LogP contribution in [0.1, 0.15) is 38.8 Å². The SMILES string of the molecule is Cc1cc(N(C(=O)[O-])C(C)C)ccc1-c1ccc(N(C(=O)[O-])C(C)C)cc1C. The summed E-state index contributed by atoms with van der Waals surface area (Å²) in [5.41, 5.74) is 4.88. The van der Waals surface area contributed by atoms with Crippen LogP contribution in [0.3, 0.4) is 0 Å². The van der Waals surface area contributed by atoms with E-state index in [-0.39, 0.29) is 12.1 Å². The van der Waals surface area contributed by atoms with E-state index in [1.165, 1.54) is 9.80 Å². The number of hydrogen-bond acceptors (Lipinski definition) is 4. The Labute approximate surface area is 166 Å². The minimum absolute atomic E-state index is 0.233. The predicted octanol–water partition coefficient (Wildman–Crippen LogP) is 3.09. The van der Waals surface area contributed by atoms with Crippen LogP contribution in [0.25, 0.3) is 11.1 Å². The summed E-state index contributed by atoms with van der Waals surface area (Å²) in [7, 11) is 0. The lowest BCUT2D eigenvalue weighted by atomic mass is 9.95. The first-order chi connectivity index (χ1) is 13.0. The molecule has 150 valence electrons. The minimum Gasteiger partial charge on any atom is -0.530 e. The topological polar surface area (TPSA) is 86.7 Å². The van der Waals surface area contributed by atoms with Crippen molar-refractivity contribution in [3.63, 3.8) is 0 Å². The summed E-state index contributed by atoms with van der Waals surface area (Å²) < 4.78 is 0.